The second-order valence-electron chi connectivity index (χ2n) is 4.64. The van der Waals surface area contributed by atoms with Crippen LogP contribution in [0, 0.1) is 0 Å². The molecule has 3 aromatic rings. The summed E-state index contributed by atoms with van der Waals surface area (Å²) in [6.07, 6.45) is 0. The number of benzene rings is 2. The molecule has 21 heavy (non-hydrogen) atoms. The van der Waals surface area contributed by atoms with E-state index in [9.17, 15) is 4.79 Å². The maximum absolute atomic E-state index is 12.6. The van der Waals surface area contributed by atoms with E-state index in [1.54, 1.807) is 26.3 Å². The third kappa shape index (κ3) is 2.33. The van der Waals surface area contributed by atoms with Crippen LogP contribution in [0.2, 0.25) is 0 Å². The van der Waals surface area contributed by atoms with Gasteiger partial charge in [-0.05, 0) is 24.3 Å². The fourth-order valence-corrected chi connectivity index (χ4v) is 2.20. The smallest absolute Gasteiger partial charge is 0.264 e. The minimum absolute atomic E-state index is 0.175. The standard InChI is InChI=1S/C16H15N3O2/c1-19(15(20)11-7-3-6-10-14(11)21-2)16-17-12-8-4-5-9-13(12)18-16/h3-10H,1-2H3,(H,17,18). The highest BCUT2D eigenvalue weighted by Gasteiger charge is 2.19. The Kier molecular flexibility index (Phi) is 3.31. The number of ether oxygens (including phenoxy) is 1. The second kappa shape index (κ2) is 5.28. The van der Waals surface area contributed by atoms with Crippen LogP contribution in [0.25, 0.3) is 11.0 Å². The topological polar surface area (TPSA) is 58.2 Å². The number of amides is 1. The first-order valence-electron chi connectivity index (χ1n) is 6.56. The van der Waals surface area contributed by atoms with Crippen molar-refractivity contribution in [2.75, 3.05) is 19.1 Å². The summed E-state index contributed by atoms with van der Waals surface area (Å²) >= 11 is 0. The van der Waals surface area contributed by atoms with Crippen molar-refractivity contribution in [2.45, 2.75) is 0 Å². The number of rotatable bonds is 3. The summed E-state index contributed by atoms with van der Waals surface area (Å²) in [5, 5.41) is 0. The molecule has 0 aliphatic carbocycles. The zero-order chi connectivity index (χ0) is 14.8. The summed E-state index contributed by atoms with van der Waals surface area (Å²) in [4.78, 5) is 21.6. The molecular formula is C16H15N3O2. The lowest BCUT2D eigenvalue weighted by Crippen LogP contribution is -2.27. The molecule has 5 nitrogen and oxygen atoms in total. The first-order chi connectivity index (χ1) is 10.2. The molecule has 0 saturated heterocycles. The molecule has 0 saturated carbocycles. The Morgan fingerprint density at radius 1 is 1.14 bits per heavy atom. The molecule has 1 amide bonds. The Morgan fingerprint density at radius 3 is 2.62 bits per heavy atom. The summed E-state index contributed by atoms with van der Waals surface area (Å²) in [5.74, 6) is 0.879. The van der Waals surface area contributed by atoms with E-state index < -0.39 is 0 Å². The number of fused-ring (bicyclic) bond motifs is 1. The Balaban J connectivity index is 1.97. The van der Waals surface area contributed by atoms with Crippen LogP contribution in [0.3, 0.4) is 0 Å². The van der Waals surface area contributed by atoms with Crippen LogP contribution in [0.1, 0.15) is 10.4 Å². The van der Waals surface area contributed by atoms with Crippen LogP contribution in [0.15, 0.2) is 48.5 Å². The lowest BCUT2D eigenvalue weighted by molar-refractivity contribution is 0.0989. The molecule has 0 aliphatic rings. The highest BCUT2D eigenvalue weighted by molar-refractivity contribution is 6.07. The normalized spacial score (nSPS) is 10.6. The molecule has 0 spiro atoms. The fourth-order valence-electron chi connectivity index (χ4n) is 2.20. The van der Waals surface area contributed by atoms with Crippen molar-refractivity contribution >= 4 is 22.9 Å². The van der Waals surface area contributed by atoms with Crippen LogP contribution in [0.4, 0.5) is 5.95 Å². The van der Waals surface area contributed by atoms with Crippen LogP contribution < -0.4 is 9.64 Å². The zero-order valence-corrected chi connectivity index (χ0v) is 11.8. The van der Waals surface area contributed by atoms with E-state index in [-0.39, 0.29) is 5.91 Å². The molecule has 2 aromatic carbocycles. The third-order valence-electron chi connectivity index (χ3n) is 3.34. The van der Waals surface area contributed by atoms with Crippen molar-refractivity contribution in [3.63, 3.8) is 0 Å². The minimum Gasteiger partial charge on any atom is -0.496 e. The number of H-pyrrole nitrogens is 1. The van der Waals surface area contributed by atoms with Gasteiger partial charge in [0.2, 0.25) is 5.95 Å². The summed E-state index contributed by atoms with van der Waals surface area (Å²) in [6, 6.07) is 14.8. The number of para-hydroxylation sites is 3. The number of carbonyl (C=O) groups excluding carboxylic acids is 1. The number of methoxy groups -OCH3 is 1. The first-order valence-corrected chi connectivity index (χ1v) is 6.56. The molecule has 3 rings (SSSR count). The molecule has 5 heteroatoms. The molecule has 1 aromatic heterocycles. The van der Waals surface area contributed by atoms with E-state index >= 15 is 0 Å². The summed E-state index contributed by atoms with van der Waals surface area (Å²) in [5.41, 5.74) is 2.22. The minimum atomic E-state index is -0.175. The molecule has 0 unspecified atom stereocenters. The maximum Gasteiger partial charge on any atom is 0.264 e. The van der Waals surface area contributed by atoms with Gasteiger partial charge in [-0.25, -0.2) is 4.98 Å². The molecule has 0 aliphatic heterocycles. The van der Waals surface area contributed by atoms with E-state index in [1.807, 2.05) is 36.4 Å². The van der Waals surface area contributed by atoms with Crippen molar-refractivity contribution < 1.29 is 9.53 Å². The highest BCUT2D eigenvalue weighted by Crippen LogP contribution is 2.22. The van der Waals surface area contributed by atoms with Crippen LogP contribution >= 0.6 is 0 Å². The molecule has 1 heterocycles. The van der Waals surface area contributed by atoms with E-state index in [4.69, 9.17) is 4.74 Å². The van der Waals surface area contributed by atoms with Crippen molar-refractivity contribution in [3.05, 3.63) is 54.1 Å². The van der Waals surface area contributed by atoms with Gasteiger partial charge in [0.25, 0.3) is 5.91 Å². The van der Waals surface area contributed by atoms with Gasteiger partial charge in [0.1, 0.15) is 5.75 Å². The number of hydrogen-bond acceptors (Lipinski definition) is 3. The van der Waals surface area contributed by atoms with Crippen LogP contribution in [-0.4, -0.2) is 30.0 Å². The number of hydrogen-bond donors (Lipinski definition) is 1. The molecule has 1 N–H and O–H groups in total. The predicted molar refractivity (Wildman–Crippen MR) is 81.8 cm³/mol. The summed E-state index contributed by atoms with van der Waals surface area (Å²) < 4.78 is 5.23. The van der Waals surface area contributed by atoms with Gasteiger partial charge < -0.3 is 9.72 Å². The molecule has 0 bridgehead atoms. The van der Waals surface area contributed by atoms with E-state index in [1.165, 1.54) is 4.90 Å². The third-order valence-corrected chi connectivity index (χ3v) is 3.34. The second-order valence-corrected chi connectivity index (χ2v) is 4.64. The lowest BCUT2D eigenvalue weighted by Gasteiger charge is -2.15. The molecular weight excluding hydrogens is 266 g/mol. The molecule has 0 fully saturated rings. The quantitative estimate of drug-likeness (QED) is 0.803. The van der Waals surface area contributed by atoms with Gasteiger partial charge in [-0.3, -0.25) is 9.69 Å². The number of aromatic nitrogens is 2. The monoisotopic (exact) mass is 281 g/mol. The van der Waals surface area contributed by atoms with E-state index in [2.05, 4.69) is 9.97 Å². The van der Waals surface area contributed by atoms with E-state index in [0.29, 0.717) is 17.3 Å². The molecule has 0 atom stereocenters. The zero-order valence-electron chi connectivity index (χ0n) is 11.8. The number of imidazole rings is 1. The van der Waals surface area contributed by atoms with Gasteiger partial charge in [-0.2, -0.15) is 0 Å². The van der Waals surface area contributed by atoms with Crippen LogP contribution in [-0.2, 0) is 0 Å². The van der Waals surface area contributed by atoms with Crippen molar-refractivity contribution in [1.29, 1.82) is 0 Å². The molecule has 106 valence electrons. The Labute approximate surface area is 122 Å². The Hall–Kier alpha value is -2.82. The summed E-state index contributed by atoms with van der Waals surface area (Å²) in [6.45, 7) is 0. The van der Waals surface area contributed by atoms with Gasteiger partial charge in [-0.15, -0.1) is 0 Å². The first kappa shape index (κ1) is 13.2. The van der Waals surface area contributed by atoms with E-state index in [0.717, 1.165) is 11.0 Å². The predicted octanol–water partition coefficient (Wildman–Crippen LogP) is 2.85. The average Bonchev–Trinajstić information content (AvgIpc) is 2.97. The number of aromatic amines is 1. The van der Waals surface area contributed by atoms with Crippen molar-refractivity contribution in [3.8, 4) is 5.75 Å². The lowest BCUT2D eigenvalue weighted by atomic mass is 10.2. The SMILES string of the molecule is COc1ccccc1C(=O)N(C)c1nc2ccccc2[nH]1. The number of carbonyl (C=O) groups is 1. The Morgan fingerprint density at radius 2 is 1.86 bits per heavy atom. The van der Waals surface area contributed by atoms with Crippen molar-refractivity contribution in [2.24, 2.45) is 0 Å². The largest absolute Gasteiger partial charge is 0.496 e. The Bertz CT molecular complexity index is 762. The van der Waals surface area contributed by atoms with Gasteiger partial charge in [0.15, 0.2) is 0 Å². The highest BCUT2D eigenvalue weighted by atomic mass is 16.5. The van der Waals surface area contributed by atoms with Crippen molar-refractivity contribution in [1.82, 2.24) is 9.97 Å². The van der Waals surface area contributed by atoms with Gasteiger partial charge >= 0.3 is 0 Å². The number of nitrogens with one attached hydrogen (secondary N) is 1. The average molecular weight is 281 g/mol. The summed E-state index contributed by atoms with van der Waals surface area (Å²) in [7, 11) is 3.24. The number of anilines is 1. The van der Waals surface area contributed by atoms with Gasteiger partial charge in [0.05, 0.1) is 23.7 Å². The van der Waals surface area contributed by atoms with Gasteiger partial charge in [0, 0.05) is 7.05 Å². The molecule has 0 radical (unpaired) electrons. The van der Waals surface area contributed by atoms with Crippen LogP contribution in [0.5, 0.6) is 5.75 Å². The number of nitrogens with zero attached hydrogens (tertiary/aromatic N) is 2. The van der Waals surface area contributed by atoms with Gasteiger partial charge in [-0.1, -0.05) is 24.3 Å². The fraction of sp³-hybridized carbons (Fsp3) is 0.125. The maximum atomic E-state index is 12.6.